The lowest BCUT2D eigenvalue weighted by atomic mass is 10.1. The number of rotatable bonds is 2. The van der Waals surface area contributed by atoms with Crippen molar-refractivity contribution in [1.29, 1.82) is 0 Å². The zero-order valence-corrected chi connectivity index (χ0v) is 14.5. The number of thiophene rings is 1. The van der Waals surface area contributed by atoms with Gasteiger partial charge in [0.1, 0.15) is 0 Å². The summed E-state index contributed by atoms with van der Waals surface area (Å²) in [7, 11) is 0. The third kappa shape index (κ3) is 3.87. The van der Waals surface area contributed by atoms with Crippen LogP contribution in [0, 0.1) is 6.92 Å². The van der Waals surface area contributed by atoms with Crippen LogP contribution >= 0.6 is 43.2 Å². The molecule has 0 aliphatic carbocycles. The molecule has 0 saturated carbocycles. The van der Waals surface area contributed by atoms with E-state index >= 15 is 0 Å². The van der Waals surface area contributed by atoms with E-state index in [0.29, 0.717) is 10.4 Å². The van der Waals surface area contributed by atoms with Crippen LogP contribution in [0.3, 0.4) is 0 Å². The van der Waals surface area contributed by atoms with E-state index in [2.05, 4.69) is 37.2 Å². The van der Waals surface area contributed by atoms with Gasteiger partial charge < -0.3 is 5.32 Å². The lowest BCUT2D eigenvalue weighted by molar-refractivity contribution is -0.137. The van der Waals surface area contributed by atoms with E-state index in [1.54, 1.807) is 13.0 Å². The minimum absolute atomic E-state index is 0.149. The minimum atomic E-state index is -4.44. The zero-order chi connectivity index (χ0) is 15.8. The van der Waals surface area contributed by atoms with Gasteiger partial charge in [-0.1, -0.05) is 6.07 Å². The molecule has 0 fully saturated rings. The summed E-state index contributed by atoms with van der Waals surface area (Å²) >= 11 is 7.71. The Morgan fingerprint density at radius 1 is 1.24 bits per heavy atom. The molecule has 2 aromatic rings. The normalized spacial score (nSPS) is 11.5. The van der Waals surface area contributed by atoms with E-state index < -0.39 is 17.6 Å². The van der Waals surface area contributed by atoms with Crippen molar-refractivity contribution < 1.29 is 18.0 Å². The van der Waals surface area contributed by atoms with Gasteiger partial charge in [0.05, 0.1) is 14.2 Å². The van der Waals surface area contributed by atoms with Gasteiger partial charge in [-0.25, -0.2) is 0 Å². The Morgan fingerprint density at radius 3 is 2.43 bits per heavy atom. The number of hydrogen-bond donors (Lipinski definition) is 1. The number of carbonyl (C=O) groups excluding carboxylic acids is 1. The summed E-state index contributed by atoms with van der Waals surface area (Å²) < 4.78 is 39.5. The highest BCUT2D eigenvalue weighted by Gasteiger charge is 2.31. The quantitative estimate of drug-likeness (QED) is 0.620. The van der Waals surface area contributed by atoms with Crippen LogP contribution in [0.5, 0.6) is 0 Å². The van der Waals surface area contributed by atoms with Crippen molar-refractivity contribution in [2.75, 3.05) is 5.32 Å². The summed E-state index contributed by atoms with van der Waals surface area (Å²) in [5.74, 6) is -0.450. The fourth-order valence-electron chi connectivity index (χ4n) is 1.58. The fraction of sp³-hybridized carbons (Fsp3) is 0.154. The van der Waals surface area contributed by atoms with E-state index in [9.17, 15) is 18.0 Å². The summed E-state index contributed by atoms with van der Waals surface area (Å²) in [6, 6.07) is 4.86. The van der Waals surface area contributed by atoms with Crippen LogP contribution in [-0.4, -0.2) is 5.91 Å². The molecule has 2 rings (SSSR count). The highest BCUT2D eigenvalue weighted by atomic mass is 79.9. The van der Waals surface area contributed by atoms with Gasteiger partial charge in [0.15, 0.2) is 0 Å². The first kappa shape index (κ1) is 16.5. The molecule has 8 heteroatoms. The Bertz CT molecular complexity index is 678. The molecular weight excluding hydrogens is 435 g/mol. The number of alkyl halides is 3. The second kappa shape index (κ2) is 6.10. The summed E-state index contributed by atoms with van der Waals surface area (Å²) in [5.41, 5.74) is -0.0848. The molecular formula is C13H8Br2F3NOS. The van der Waals surface area contributed by atoms with Crippen molar-refractivity contribution in [3.05, 3.63) is 48.5 Å². The number of aryl methyl sites for hydroxylation is 1. The molecule has 1 N–H and O–H groups in total. The Morgan fingerprint density at radius 2 is 1.90 bits per heavy atom. The van der Waals surface area contributed by atoms with Gasteiger partial charge in [0.25, 0.3) is 5.91 Å². The van der Waals surface area contributed by atoms with E-state index in [0.717, 1.165) is 20.4 Å². The van der Waals surface area contributed by atoms with Gasteiger partial charge in [0.2, 0.25) is 0 Å². The molecule has 0 spiro atoms. The number of amides is 1. The molecule has 0 aliphatic heterocycles. The predicted octanol–water partition coefficient (Wildman–Crippen LogP) is 5.85. The maximum Gasteiger partial charge on any atom is 0.416 e. The van der Waals surface area contributed by atoms with Crippen LogP contribution in [0.15, 0.2) is 32.5 Å². The Balaban J connectivity index is 2.28. The Hall–Kier alpha value is -0.860. The fourth-order valence-corrected chi connectivity index (χ4v) is 3.51. The third-order valence-corrected chi connectivity index (χ3v) is 5.94. The Kier molecular flexibility index (Phi) is 4.79. The van der Waals surface area contributed by atoms with Crippen molar-refractivity contribution in [2.24, 2.45) is 0 Å². The van der Waals surface area contributed by atoms with Crippen molar-refractivity contribution in [3.8, 4) is 0 Å². The highest BCUT2D eigenvalue weighted by molar-refractivity contribution is 9.13. The summed E-state index contributed by atoms with van der Waals surface area (Å²) in [6.07, 6.45) is -4.44. The molecule has 1 amide bonds. The standard InChI is InChI=1S/C13H8Br2F3NOS/c1-6-2-3-7(13(16,17)18)4-9(6)19-12(20)10-5-8(14)11(15)21-10/h2-5H,1H3,(H,19,20). The first-order valence-electron chi connectivity index (χ1n) is 5.62. The first-order chi connectivity index (χ1) is 9.68. The lowest BCUT2D eigenvalue weighted by Gasteiger charge is -2.12. The van der Waals surface area contributed by atoms with Gasteiger partial charge in [-0.15, -0.1) is 11.3 Å². The second-order valence-corrected chi connectivity index (χ2v) is 7.44. The zero-order valence-electron chi connectivity index (χ0n) is 10.5. The molecule has 0 bridgehead atoms. The van der Waals surface area contributed by atoms with Crippen LogP contribution in [0.1, 0.15) is 20.8 Å². The SMILES string of the molecule is Cc1ccc(C(F)(F)F)cc1NC(=O)c1cc(Br)c(Br)s1. The molecule has 0 radical (unpaired) electrons. The van der Waals surface area contributed by atoms with E-state index in [4.69, 9.17) is 0 Å². The predicted molar refractivity (Wildman–Crippen MR) is 83.9 cm³/mol. The lowest BCUT2D eigenvalue weighted by Crippen LogP contribution is -2.13. The topological polar surface area (TPSA) is 29.1 Å². The van der Waals surface area contributed by atoms with Gasteiger partial charge in [0, 0.05) is 10.2 Å². The third-order valence-electron chi connectivity index (χ3n) is 2.68. The number of anilines is 1. The maximum atomic E-state index is 12.7. The molecule has 1 heterocycles. The highest BCUT2D eigenvalue weighted by Crippen LogP contribution is 2.34. The van der Waals surface area contributed by atoms with E-state index in [1.807, 2.05) is 0 Å². The second-order valence-electron chi connectivity index (χ2n) is 4.21. The van der Waals surface area contributed by atoms with Crippen molar-refractivity contribution >= 4 is 54.8 Å². The average molecular weight is 443 g/mol. The maximum absolute atomic E-state index is 12.7. The minimum Gasteiger partial charge on any atom is -0.321 e. The molecule has 2 nitrogen and oxygen atoms in total. The van der Waals surface area contributed by atoms with Crippen LogP contribution in [-0.2, 0) is 6.18 Å². The molecule has 112 valence electrons. The number of benzene rings is 1. The molecule has 1 aromatic heterocycles. The molecule has 0 saturated heterocycles. The number of halogens is 5. The summed E-state index contributed by atoms with van der Waals surface area (Å²) in [6.45, 7) is 1.63. The van der Waals surface area contributed by atoms with Crippen molar-refractivity contribution in [3.63, 3.8) is 0 Å². The molecule has 1 aromatic carbocycles. The molecule has 21 heavy (non-hydrogen) atoms. The smallest absolute Gasteiger partial charge is 0.321 e. The molecule has 0 atom stereocenters. The van der Waals surface area contributed by atoms with Gasteiger partial charge in [-0.3, -0.25) is 4.79 Å². The van der Waals surface area contributed by atoms with Crippen LogP contribution in [0.2, 0.25) is 0 Å². The van der Waals surface area contributed by atoms with Crippen LogP contribution in [0.4, 0.5) is 18.9 Å². The van der Waals surface area contributed by atoms with Gasteiger partial charge in [-0.05, 0) is 62.5 Å². The van der Waals surface area contributed by atoms with Crippen LogP contribution < -0.4 is 5.32 Å². The number of nitrogens with one attached hydrogen (secondary N) is 1. The van der Waals surface area contributed by atoms with Gasteiger partial charge in [-0.2, -0.15) is 13.2 Å². The number of hydrogen-bond acceptors (Lipinski definition) is 2. The average Bonchev–Trinajstić information content (AvgIpc) is 2.71. The Labute approximate surface area is 139 Å². The summed E-state index contributed by atoms with van der Waals surface area (Å²) in [4.78, 5) is 12.5. The van der Waals surface area contributed by atoms with E-state index in [1.165, 1.54) is 17.4 Å². The number of carbonyl (C=O) groups is 1. The van der Waals surface area contributed by atoms with Crippen LogP contribution in [0.25, 0.3) is 0 Å². The largest absolute Gasteiger partial charge is 0.416 e. The van der Waals surface area contributed by atoms with Crippen molar-refractivity contribution in [2.45, 2.75) is 13.1 Å². The van der Waals surface area contributed by atoms with E-state index in [-0.39, 0.29) is 5.69 Å². The first-order valence-corrected chi connectivity index (χ1v) is 8.03. The van der Waals surface area contributed by atoms with Gasteiger partial charge >= 0.3 is 6.18 Å². The molecule has 0 aliphatic rings. The monoisotopic (exact) mass is 441 g/mol. The summed E-state index contributed by atoms with van der Waals surface area (Å²) in [5, 5.41) is 2.51. The van der Waals surface area contributed by atoms with Crippen molar-refractivity contribution in [1.82, 2.24) is 0 Å². The molecule has 0 unspecified atom stereocenters.